The number of rotatable bonds is 2. The lowest BCUT2D eigenvalue weighted by atomic mass is 9.91. The van der Waals surface area contributed by atoms with Crippen LogP contribution >= 0.6 is 0 Å². The van der Waals surface area contributed by atoms with Gasteiger partial charge in [-0.15, -0.1) is 0 Å². The summed E-state index contributed by atoms with van der Waals surface area (Å²) in [6, 6.07) is 3.53. The maximum absolute atomic E-state index is 15.7. The zero-order chi connectivity index (χ0) is 19.8. The summed E-state index contributed by atoms with van der Waals surface area (Å²) in [4.78, 5) is 29.2. The smallest absolute Gasteiger partial charge is 0.260 e. The van der Waals surface area contributed by atoms with Gasteiger partial charge in [0.1, 0.15) is 18.7 Å². The fourth-order valence-electron chi connectivity index (χ4n) is 3.92. The summed E-state index contributed by atoms with van der Waals surface area (Å²) >= 11 is 0. The molecule has 0 aromatic carbocycles. The predicted molar refractivity (Wildman–Crippen MR) is 101 cm³/mol. The Labute approximate surface area is 166 Å². The van der Waals surface area contributed by atoms with Gasteiger partial charge in [-0.05, 0) is 6.07 Å². The second-order valence-corrected chi connectivity index (χ2v) is 7.29. The summed E-state index contributed by atoms with van der Waals surface area (Å²) in [5.74, 6) is 0.826. The highest BCUT2D eigenvalue weighted by Gasteiger charge is 2.45. The molecule has 0 atom stereocenters. The largest absolute Gasteiger partial charge is 0.491 e. The second kappa shape index (κ2) is 6.94. The molecule has 5 rings (SSSR count). The van der Waals surface area contributed by atoms with Crippen LogP contribution in [-0.2, 0) is 11.3 Å². The number of fused-ring (bicyclic) bond motifs is 2. The van der Waals surface area contributed by atoms with Gasteiger partial charge >= 0.3 is 0 Å². The van der Waals surface area contributed by atoms with E-state index in [-0.39, 0.29) is 12.8 Å². The van der Waals surface area contributed by atoms with Crippen molar-refractivity contribution in [1.29, 1.82) is 0 Å². The number of halogens is 1. The van der Waals surface area contributed by atoms with Crippen LogP contribution < -0.4 is 9.64 Å². The lowest BCUT2D eigenvalue weighted by Crippen LogP contribution is -2.53. The predicted octanol–water partition coefficient (Wildman–Crippen LogP) is 1.25. The number of nitrogens with zero attached hydrogens (tertiary/aromatic N) is 7. The van der Waals surface area contributed by atoms with Gasteiger partial charge in [-0.3, -0.25) is 9.78 Å². The number of aromatic nitrogens is 5. The maximum Gasteiger partial charge on any atom is 0.260 e. The van der Waals surface area contributed by atoms with E-state index in [0.717, 1.165) is 5.56 Å². The second-order valence-electron chi connectivity index (χ2n) is 7.29. The summed E-state index contributed by atoms with van der Waals surface area (Å²) in [6.07, 6.45) is 6.61. The third-order valence-electron chi connectivity index (χ3n) is 5.53. The molecule has 0 N–H and O–H groups in total. The average molecular weight is 397 g/mol. The molecule has 2 aliphatic rings. The molecular formula is C19H20FN7O2. The summed E-state index contributed by atoms with van der Waals surface area (Å²) < 4.78 is 23.0. The zero-order valence-electron chi connectivity index (χ0n) is 15.7. The van der Waals surface area contributed by atoms with E-state index in [9.17, 15) is 4.79 Å². The number of ether oxygens (including phenoxy) is 1. The van der Waals surface area contributed by atoms with Crippen molar-refractivity contribution in [2.45, 2.75) is 25.1 Å². The van der Waals surface area contributed by atoms with Gasteiger partial charge in [0.05, 0.1) is 13.1 Å². The minimum absolute atomic E-state index is 0.0931. The number of amides is 1. The van der Waals surface area contributed by atoms with E-state index >= 15 is 4.39 Å². The first-order valence-corrected chi connectivity index (χ1v) is 9.58. The van der Waals surface area contributed by atoms with E-state index in [1.54, 1.807) is 40.1 Å². The van der Waals surface area contributed by atoms with Crippen molar-refractivity contribution in [3.63, 3.8) is 0 Å². The van der Waals surface area contributed by atoms with Crippen LogP contribution in [0.3, 0.4) is 0 Å². The summed E-state index contributed by atoms with van der Waals surface area (Å²) in [5, 5.41) is 4.18. The third kappa shape index (κ3) is 3.14. The van der Waals surface area contributed by atoms with Crippen LogP contribution in [0.4, 0.5) is 10.3 Å². The average Bonchev–Trinajstić information content (AvgIpc) is 3.13. The molecule has 0 aliphatic carbocycles. The van der Waals surface area contributed by atoms with E-state index < -0.39 is 11.6 Å². The van der Waals surface area contributed by atoms with Gasteiger partial charge in [-0.1, -0.05) is 0 Å². The molecular weight excluding hydrogens is 377 g/mol. The molecule has 150 valence electrons. The van der Waals surface area contributed by atoms with E-state index in [2.05, 4.69) is 20.1 Å². The molecule has 1 fully saturated rings. The van der Waals surface area contributed by atoms with Crippen LogP contribution in [0.2, 0.25) is 0 Å². The topological polar surface area (TPSA) is 88.8 Å². The van der Waals surface area contributed by atoms with Crippen LogP contribution in [0, 0.1) is 0 Å². The Morgan fingerprint density at radius 1 is 1.14 bits per heavy atom. The van der Waals surface area contributed by atoms with E-state index in [1.807, 2.05) is 4.90 Å². The van der Waals surface area contributed by atoms with Gasteiger partial charge in [0, 0.05) is 56.2 Å². The Kier molecular flexibility index (Phi) is 4.26. The van der Waals surface area contributed by atoms with Crippen molar-refractivity contribution in [3.8, 4) is 5.75 Å². The van der Waals surface area contributed by atoms with Gasteiger partial charge in [0.15, 0.2) is 11.3 Å². The standard InChI is InChI=1S/C19H20FN7O2/c20-19(17(28)26-9-10-29-15-1-5-21-11-14(15)12-26)3-7-25(8-4-19)18-22-6-2-16-23-13-24-27(16)18/h1-2,5-6,11,13H,3-4,7-10,12H2. The maximum atomic E-state index is 15.7. The molecule has 1 saturated heterocycles. The summed E-state index contributed by atoms with van der Waals surface area (Å²) in [6.45, 7) is 1.73. The van der Waals surface area contributed by atoms with Crippen molar-refractivity contribution in [1.82, 2.24) is 29.5 Å². The van der Waals surface area contributed by atoms with Crippen LogP contribution in [0.5, 0.6) is 5.75 Å². The van der Waals surface area contributed by atoms with Gasteiger partial charge in [0.2, 0.25) is 5.95 Å². The number of piperidine rings is 1. The fourth-order valence-corrected chi connectivity index (χ4v) is 3.92. The molecule has 0 spiro atoms. The number of carbonyl (C=O) groups is 1. The molecule has 0 radical (unpaired) electrons. The molecule has 3 aromatic heterocycles. The lowest BCUT2D eigenvalue weighted by molar-refractivity contribution is -0.146. The number of hydrogen-bond acceptors (Lipinski definition) is 7. The van der Waals surface area contributed by atoms with Crippen LogP contribution in [0.25, 0.3) is 5.65 Å². The van der Waals surface area contributed by atoms with Crippen LogP contribution in [0.1, 0.15) is 18.4 Å². The number of anilines is 1. The molecule has 10 heteroatoms. The molecule has 0 unspecified atom stereocenters. The third-order valence-corrected chi connectivity index (χ3v) is 5.53. The van der Waals surface area contributed by atoms with Gasteiger partial charge in [0.25, 0.3) is 5.91 Å². The van der Waals surface area contributed by atoms with Gasteiger partial charge in [-0.25, -0.2) is 14.4 Å². The fraction of sp³-hybridized carbons (Fsp3) is 0.421. The summed E-state index contributed by atoms with van der Waals surface area (Å²) in [5.41, 5.74) is -0.430. The molecule has 5 heterocycles. The molecule has 1 amide bonds. The number of carbonyl (C=O) groups excluding carboxylic acids is 1. The Morgan fingerprint density at radius 2 is 2.00 bits per heavy atom. The van der Waals surface area contributed by atoms with Crippen LogP contribution in [0.15, 0.2) is 37.1 Å². The van der Waals surface area contributed by atoms with E-state index in [1.165, 1.54) is 6.33 Å². The first kappa shape index (κ1) is 17.8. The van der Waals surface area contributed by atoms with Crippen molar-refractivity contribution in [2.24, 2.45) is 0 Å². The van der Waals surface area contributed by atoms with Crippen LogP contribution in [-0.4, -0.2) is 67.3 Å². The molecule has 0 bridgehead atoms. The van der Waals surface area contributed by atoms with Crippen molar-refractivity contribution in [3.05, 3.63) is 42.6 Å². The summed E-state index contributed by atoms with van der Waals surface area (Å²) in [7, 11) is 0. The first-order valence-electron chi connectivity index (χ1n) is 9.58. The Hall–Kier alpha value is -3.30. The van der Waals surface area contributed by atoms with E-state index in [0.29, 0.717) is 50.1 Å². The molecule has 0 saturated carbocycles. The molecule has 29 heavy (non-hydrogen) atoms. The highest BCUT2D eigenvalue weighted by atomic mass is 19.1. The zero-order valence-corrected chi connectivity index (χ0v) is 15.7. The highest BCUT2D eigenvalue weighted by molar-refractivity contribution is 5.85. The SMILES string of the molecule is O=C(N1CCOc2ccncc2C1)C1(F)CCN(c2nccc3ncnn23)CC1. The first-order chi connectivity index (χ1) is 14.1. The molecule has 9 nitrogen and oxygen atoms in total. The molecule has 2 aliphatic heterocycles. The Balaban J connectivity index is 1.31. The Morgan fingerprint density at radius 3 is 2.86 bits per heavy atom. The van der Waals surface area contributed by atoms with E-state index in [4.69, 9.17) is 4.74 Å². The number of hydrogen-bond donors (Lipinski definition) is 0. The van der Waals surface area contributed by atoms with Crippen molar-refractivity contribution < 1.29 is 13.9 Å². The Bertz CT molecular complexity index is 1050. The van der Waals surface area contributed by atoms with Gasteiger partial charge in [-0.2, -0.15) is 9.61 Å². The minimum atomic E-state index is -1.90. The van der Waals surface area contributed by atoms with Gasteiger partial charge < -0.3 is 14.5 Å². The number of pyridine rings is 1. The monoisotopic (exact) mass is 397 g/mol. The lowest BCUT2D eigenvalue weighted by Gasteiger charge is -2.38. The minimum Gasteiger partial charge on any atom is -0.491 e. The number of alkyl halides is 1. The van der Waals surface area contributed by atoms with Crippen molar-refractivity contribution >= 4 is 17.5 Å². The molecule has 3 aromatic rings. The quantitative estimate of drug-likeness (QED) is 0.643. The highest BCUT2D eigenvalue weighted by Crippen LogP contribution is 2.32. The van der Waals surface area contributed by atoms with Crippen molar-refractivity contribution in [2.75, 3.05) is 31.1 Å². The normalized spacial score (nSPS) is 18.8.